The van der Waals surface area contributed by atoms with Crippen LogP contribution in [-0.4, -0.2) is 61.3 Å². The van der Waals surface area contributed by atoms with E-state index in [1.165, 1.54) is 18.9 Å². The molecule has 0 unspecified atom stereocenters. The summed E-state index contributed by atoms with van der Waals surface area (Å²) in [5.41, 5.74) is 1.87. The summed E-state index contributed by atoms with van der Waals surface area (Å²) in [6.45, 7) is 5.16. The van der Waals surface area contributed by atoms with Gasteiger partial charge in [0.2, 0.25) is 0 Å². The highest BCUT2D eigenvalue weighted by atomic mass is 16.5. The number of piperidine rings is 1. The molecule has 0 radical (unpaired) electrons. The van der Waals surface area contributed by atoms with Crippen LogP contribution in [0.2, 0.25) is 0 Å². The maximum Gasteiger partial charge on any atom is 0.260 e. The van der Waals surface area contributed by atoms with Gasteiger partial charge in [0.15, 0.2) is 12.4 Å². The first-order valence-electron chi connectivity index (χ1n) is 10.8. The van der Waals surface area contributed by atoms with Crippen molar-refractivity contribution in [3.63, 3.8) is 0 Å². The number of ether oxygens (including phenoxy) is 1. The second-order valence-corrected chi connectivity index (χ2v) is 8.22. The summed E-state index contributed by atoms with van der Waals surface area (Å²) < 4.78 is 5.73. The number of ketones is 1. The van der Waals surface area contributed by atoms with Crippen molar-refractivity contribution in [1.82, 2.24) is 9.80 Å². The van der Waals surface area contributed by atoms with Gasteiger partial charge in [0.1, 0.15) is 5.75 Å². The first kappa shape index (κ1) is 22.0. The Morgan fingerprint density at radius 2 is 1.83 bits per heavy atom. The smallest absolute Gasteiger partial charge is 0.260 e. The van der Waals surface area contributed by atoms with E-state index in [1.54, 1.807) is 24.3 Å². The normalized spacial score (nSPS) is 16.8. The maximum atomic E-state index is 13.0. The number of hydrogen-bond donors (Lipinski definition) is 0. The van der Waals surface area contributed by atoms with Crippen molar-refractivity contribution in [2.24, 2.45) is 5.92 Å². The van der Waals surface area contributed by atoms with E-state index >= 15 is 0 Å². The predicted octanol–water partition coefficient (Wildman–Crippen LogP) is 3.68. The lowest BCUT2D eigenvalue weighted by Gasteiger charge is -2.34. The number of carbonyl (C=O) groups is 2. The summed E-state index contributed by atoms with van der Waals surface area (Å²) in [7, 11) is 2.15. The summed E-state index contributed by atoms with van der Waals surface area (Å²) in [6.07, 6.45) is 3.18. The summed E-state index contributed by atoms with van der Waals surface area (Å²) in [4.78, 5) is 28.7. The van der Waals surface area contributed by atoms with Crippen molar-refractivity contribution < 1.29 is 14.3 Å². The van der Waals surface area contributed by atoms with Crippen LogP contribution in [0.25, 0.3) is 0 Å². The molecule has 1 aliphatic rings. The zero-order chi connectivity index (χ0) is 21.3. The average molecular weight is 409 g/mol. The Hall–Kier alpha value is -2.66. The highest BCUT2D eigenvalue weighted by molar-refractivity contribution is 5.94. The van der Waals surface area contributed by atoms with Gasteiger partial charge in [-0.05, 0) is 75.5 Å². The van der Waals surface area contributed by atoms with E-state index in [-0.39, 0.29) is 18.3 Å². The fourth-order valence-electron chi connectivity index (χ4n) is 3.98. The number of carbonyl (C=O) groups excluding carboxylic acids is 2. The van der Waals surface area contributed by atoms with E-state index in [9.17, 15) is 9.59 Å². The summed E-state index contributed by atoms with van der Waals surface area (Å²) >= 11 is 0. The van der Waals surface area contributed by atoms with Gasteiger partial charge in [-0.15, -0.1) is 0 Å². The lowest BCUT2D eigenvalue weighted by Crippen LogP contribution is -2.44. The van der Waals surface area contributed by atoms with Crippen LogP contribution in [0.4, 0.5) is 0 Å². The van der Waals surface area contributed by atoms with Crippen LogP contribution >= 0.6 is 0 Å². The average Bonchev–Trinajstić information content (AvgIpc) is 2.76. The predicted molar refractivity (Wildman–Crippen MR) is 119 cm³/mol. The molecular weight excluding hydrogens is 376 g/mol. The largest absolute Gasteiger partial charge is 0.484 e. The molecule has 5 heteroatoms. The second kappa shape index (κ2) is 10.9. The molecule has 1 saturated heterocycles. The first-order chi connectivity index (χ1) is 14.5. The highest BCUT2D eigenvalue weighted by Gasteiger charge is 2.23. The Bertz CT molecular complexity index is 820. The number of hydrogen-bond acceptors (Lipinski definition) is 4. The topological polar surface area (TPSA) is 49.9 Å². The summed E-state index contributed by atoms with van der Waals surface area (Å²) in [5.74, 6) is 1.13. The molecule has 2 aromatic rings. The van der Waals surface area contributed by atoms with E-state index in [0.29, 0.717) is 23.8 Å². The Balaban J connectivity index is 1.60. The third-order valence-electron chi connectivity index (χ3n) is 5.69. The Kier molecular flexibility index (Phi) is 8.03. The number of amides is 1. The van der Waals surface area contributed by atoms with Crippen molar-refractivity contribution in [2.45, 2.75) is 26.2 Å². The number of rotatable bonds is 9. The van der Waals surface area contributed by atoms with E-state index in [2.05, 4.69) is 24.1 Å². The Morgan fingerprint density at radius 3 is 2.50 bits per heavy atom. The molecule has 5 nitrogen and oxygen atoms in total. The van der Waals surface area contributed by atoms with Crippen LogP contribution < -0.4 is 4.74 Å². The van der Waals surface area contributed by atoms with Crippen molar-refractivity contribution in [1.29, 1.82) is 0 Å². The lowest BCUT2D eigenvalue weighted by molar-refractivity contribution is -0.134. The van der Waals surface area contributed by atoms with Crippen molar-refractivity contribution in [3.8, 4) is 5.75 Å². The molecule has 1 aliphatic heterocycles. The number of benzene rings is 2. The van der Waals surface area contributed by atoms with Gasteiger partial charge in [-0.2, -0.15) is 0 Å². The van der Waals surface area contributed by atoms with Gasteiger partial charge in [0.25, 0.3) is 5.91 Å². The monoisotopic (exact) mass is 408 g/mol. The van der Waals surface area contributed by atoms with Crippen LogP contribution in [0.15, 0.2) is 54.6 Å². The van der Waals surface area contributed by atoms with Crippen LogP contribution in [0.3, 0.4) is 0 Å². The van der Waals surface area contributed by atoms with Gasteiger partial charge in [-0.3, -0.25) is 9.59 Å². The molecule has 1 heterocycles. The molecule has 0 saturated carbocycles. The standard InChI is InChI=1S/C25H32N2O3/c1-20(28)23-10-12-24(13-11-23)30-19-25(29)27(16-14-21-7-4-3-5-8-21)18-22-9-6-15-26(2)17-22/h3-5,7-8,10-13,22H,6,9,14-19H2,1-2H3/t22-/m1/s1. The molecule has 3 rings (SSSR count). The zero-order valence-electron chi connectivity index (χ0n) is 18.0. The molecule has 0 spiro atoms. The van der Waals surface area contributed by atoms with Crippen LogP contribution in [0.1, 0.15) is 35.7 Å². The molecule has 160 valence electrons. The van der Waals surface area contributed by atoms with Crippen LogP contribution in [0.5, 0.6) is 5.75 Å². The fraction of sp³-hybridized carbons (Fsp3) is 0.440. The third kappa shape index (κ3) is 6.70. The SMILES string of the molecule is CC(=O)c1ccc(OCC(=O)N(CCc2ccccc2)C[C@@H]2CCCN(C)C2)cc1. The molecule has 0 aliphatic carbocycles. The van der Waals surface area contributed by atoms with Gasteiger partial charge < -0.3 is 14.5 Å². The van der Waals surface area contributed by atoms with E-state index < -0.39 is 0 Å². The molecular formula is C25H32N2O3. The quantitative estimate of drug-likeness (QED) is 0.594. The van der Waals surface area contributed by atoms with E-state index in [0.717, 1.165) is 32.5 Å². The summed E-state index contributed by atoms with van der Waals surface area (Å²) in [5, 5.41) is 0. The molecule has 30 heavy (non-hydrogen) atoms. The van der Waals surface area contributed by atoms with Crippen molar-refractivity contribution in [2.75, 3.05) is 39.8 Å². The van der Waals surface area contributed by atoms with E-state index in [1.807, 2.05) is 23.1 Å². The van der Waals surface area contributed by atoms with Crippen LogP contribution in [-0.2, 0) is 11.2 Å². The van der Waals surface area contributed by atoms with Crippen molar-refractivity contribution in [3.05, 3.63) is 65.7 Å². The summed E-state index contributed by atoms with van der Waals surface area (Å²) in [6, 6.07) is 17.2. The van der Waals surface area contributed by atoms with Gasteiger partial charge in [-0.1, -0.05) is 30.3 Å². The second-order valence-electron chi connectivity index (χ2n) is 8.22. The van der Waals surface area contributed by atoms with Gasteiger partial charge in [-0.25, -0.2) is 0 Å². The zero-order valence-corrected chi connectivity index (χ0v) is 18.0. The molecule has 1 fully saturated rings. The van der Waals surface area contributed by atoms with E-state index in [4.69, 9.17) is 4.74 Å². The van der Waals surface area contributed by atoms with Crippen LogP contribution in [0, 0.1) is 5.92 Å². The Morgan fingerprint density at radius 1 is 1.10 bits per heavy atom. The lowest BCUT2D eigenvalue weighted by atomic mass is 9.97. The molecule has 1 amide bonds. The number of Topliss-reactive ketones (excluding diaryl/α,β-unsaturated/α-hetero) is 1. The highest BCUT2D eigenvalue weighted by Crippen LogP contribution is 2.18. The molecule has 0 bridgehead atoms. The fourth-order valence-corrected chi connectivity index (χ4v) is 3.98. The molecule has 0 aromatic heterocycles. The minimum Gasteiger partial charge on any atom is -0.484 e. The minimum atomic E-state index is 0.00908. The first-order valence-corrected chi connectivity index (χ1v) is 10.8. The van der Waals surface area contributed by atoms with Gasteiger partial charge in [0, 0.05) is 25.2 Å². The molecule has 1 atom stereocenters. The van der Waals surface area contributed by atoms with Gasteiger partial charge in [0.05, 0.1) is 0 Å². The number of nitrogens with zero attached hydrogens (tertiary/aromatic N) is 2. The number of likely N-dealkylation sites (tertiary alicyclic amines) is 1. The molecule has 2 aromatic carbocycles. The minimum absolute atomic E-state index is 0.00908. The van der Waals surface area contributed by atoms with Gasteiger partial charge >= 0.3 is 0 Å². The Labute approximate surface area is 179 Å². The van der Waals surface area contributed by atoms with Crippen molar-refractivity contribution >= 4 is 11.7 Å². The third-order valence-corrected chi connectivity index (χ3v) is 5.69. The maximum absolute atomic E-state index is 13.0. The molecule has 0 N–H and O–H groups in total.